The Balaban J connectivity index is -0.0000000208. The molecule has 0 N–H and O–H groups in total. The molecule has 0 aliphatic heterocycles. The van der Waals surface area contributed by atoms with Crippen molar-refractivity contribution in [2.75, 3.05) is 0 Å². The molecule has 0 aromatic heterocycles. The van der Waals surface area contributed by atoms with Crippen LogP contribution in [0.2, 0.25) is 0 Å². The van der Waals surface area contributed by atoms with Crippen molar-refractivity contribution in [3.05, 3.63) is 0 Å². The number of hydrogen-bond acceptors (Lipinski definition) is 0. The molecule has 0 aliphatic carbocycles. The third-order valence-corrected chi connectivity index (χ3v) is 0. The predicted octanol–water partition coefficient (Wildman–Crippen LogP) is 4.14. The van der Waals surface area contributed by atoms with Crippen LogP contribution < -0.4 is 0 Å². The van der Waals surface area contributed by atoms with Gasteiger partial charge in [0.05, 0.1) is 0 Å². The fourth-order valence-electron chi connectivity index (χ4n) is 0. The summed E-state index contributed by atoms with van der Waals surface area (Å²) in [7, 11) is 0. The van der Waals surface area contributed by atoms with Crippen molar-refractivity contribution in [2.24, 2.45) is 0 Å². The first-order chi connectivity index (χ1) is 2.24. The molecule has 0 bridgehead atoms. The average Bonchev–Trinajstić information content (AvgIpc) is 0.650. The molecule has 0 saturated carbocycles. The zero-order valence-corrected chi connectivity index (χ0v) is 29.9. The number of rotatable bonds is 0. The minimum absolute atomic E-state index is 0. The van der Waals surface area contributed by atoms with Crippen molar-refractivity contribution < 1.29 is 160 Å². The second-order valence-electron chi connectivity index (χ2n) is 0.383. The molecule has 0 rings (SSSR count). The normalized spacial score (nSPS) is 12.9. The van der Waals surface area contributed by atoms with Gasteiger partial charge in [0.25, 0.3) is 0 Å². The molecule has 0 unspecified atom stereocenters. The van der Waals surface area contributed by atoms with Crippen LogP contribution in [0.15, 0.2) is 0 Å². The van der Waals surface area contributed by atoms with Crippen LogP contribution in [-0.4, -0.2) is 1.28 Å². The summed E-state index contributed by atoms with van der Waals surface area (Å²) in [6.07, 6.45) is 0. The van der Waals surface area contributed by atoms with Crippen LogP contribution in [0.3, 0.4) is 0 Å². The first-order valence-corrected chi connectivity index (χ1v) is 13.6. The Morgan fingerprint density at radius 3 is 0.778 bits per heavy atom. The Kier molecular flexibility index (Phi) is 55.4. The predicted molar refractivity (Wildman–Crippen MR) is 64.4 cm³/mol. The van der Waals surface area contributed by atoms with Crippen LogP contribution in [0, 0.1) is 160 Å². The van der Waals surface area contributed by atoms with Crippen LogP contribution in [0.1, 0.15) is 0 Å². The largest absolute Gasteiger partial charge is 0 e. The number of hydrogen-bond donors (Lipinski definition) is 0. The van der Waals surface area contributed by atoms with E-state index < -0.39 is -2.22 Å². The van der Waals surface area contributed by atoms with Gasteiger partial charge >= 0.3 is 87.2 Å². The fourth-order valence-corrected chi connectivity index (χ4v) is 0. The molecular weight excluding hydrogens is 1470 g/mol. The second kappa shape index (κ2) is 19.0. The molecule has 0 aromatic rings. The van der Waals surface area contributed by atoms with Gasteiger partial charge < -0.3 is 0 Å². The molecular formula is HI4PTh4. The monoisotopic (exact) mass is 1470 g/mol. The Morgan fingerprint density at radius 2 is 0.778 bits per heavy atom. The van der Waals surface area contributed by atoms with E-state index in [0.29, 0.717) is 0 Å². The molecule has 0 nitrogen and oxygen atoms in total. The minimum atomic E-state index is -1.92. The van der Waals surface area contributed by atoms with Crippen molar-refractivity contribution >= 4 is 85.9 Å². The van der Waals surface area contributed by atoms with Gasteiger partial charge in [-0.05, 0) is 0 Å². The molecule has 50 valence electrons. The first kappa shape index (κ1) is 26.3. The van der Waals surface area contributed by atoms with E-state index in [4.69, 9.17) is 1.28 Å². The summed E-state index contributed by atoms with van der Waals surface area (Å²) in [5.41, 5.74) is 0. The van der Waals surface area contributed by atoms with Gasteiger partial charge in [-0.25, -0.2) is 0 Å². The van der Waals surface area contributed by atoms with E-state index in [-0.39, 0.29) is 160 Å². The van der Waals surface area contributed by atoms with E-state index in [1.807, 2.05) is 0 Å². The van der Waals surface area contributed by atoms with Gasteiger partial charge in [-0.1, -0.05) is 0 Å². The molecule has 0 fully saturated rings. The molecule has 0 aliphatic rings. The van der Waals surface area contributed by atoms with Crippen molar-refractivity contribution in [1.82, 2.24) is 0 Å². The summed E-state index contributed by atoms with van der Waals surface area (Å²) in [6.45, 7) is 0. The molecule has 0 radical (unpaired) electrons. The standard InChI is InChI=1S/HI4P.4Th/c1-5(2,3)4;;;;/h5H;;;;/i5D;;;;. The summed E-state index contributed by atoms with van der Waals surface area (Å²) >= 11 is 8.68. The molecule has 0 spiro atoms. The van der Waals surface area contributed by atoms with E-state index >= 15 is 0 Å². The quantitative estimate of drug-likeness (QED) is 0.253. The minimum Gasteiger partial charge on any atom is 0 e. The van der Waals surface area contributed by atoms with Crippen molar-refractivity contribution in [1.29, 1.82) is 1.28 Å². The molecule has 0 aromatic carbocycles. The van der Waals surface area contributed by atoms with Gasteiger partial charge in [-0.2, -0.15) is 0 Å². The van der Waals surface area contributed by atoms with E-state index in [1.54, 1.807) is 0 Å². The van der Waals surface area contributed by atoms with Crippen LogP contribution in [0.4, 0.5) is 0 Å². The first-order valence-electron chi connectivity index (χ1n) is 1.12. The smallest absolute Gasteiger partial charge is 0 e. The summed E-state index contributed by atoms with van der Waals surface area (Å²) in [6, 6.07) is 0. The summed E-state index contributed by atoms with van der Waals surface area (Å²) < 4.78 is 5.45. The number of halogens is 4. The topological polar surface area (TPSA) is 0 Å². The second-order valence-corrected chi connectivity index (χ2v) is 51.7. The van der Waals surface area contributed by atoms with Gasteiger partial charge in [0, 0.05) is 160 Å². The van der Waals surface area contributed by atoms with E-state index in [2.05, 4.69) is 88.2 Å². The maximum atomic E-state index is 7.37. The molecule has 0 saturated heterocycles. The average molecular weight is 1470 g/mol. The zero-order chi connectivity index (χ0) is 5.45. The fraction of sp³-hybridized carbons (Fsp3) is 0. The van der Waals surface area contributed by atoms with Crippen LogP contribution in [0.25, 0.3) is 0 Å². The van der Waals surface area contributed by atoms with Gasteiger partial charge in [-0.3, -0.25) is 0 Å². The molecule has 9 heavy (non-hydrogen) atoms. The molecule has 0 heterocycles. The SMILES string of the molecule is [2H]P(I)(I)(I)I.[Th].[Th].[Th].[Th]. The van der Waals surface area contributed by atoms with Crippen molar-refractivity contribution in [3.8, 4) is 0 Å². The molecule has 9 heteroatoms. The van der Waals surface area contributed by atoms with Gasteiger partial charge in [-0.15, -0.1) is 0 Å². The third-order valence-electron chi connectivity index (χ3n) is 0. The third kappa shape index (κ3) is 47.8. The van der Waals surface area contributed by atoms with E-state index in [1.165, 1.54) is 0 Å². The van der Waals surface area contributed by atoms with Gasteiger partial charge in [0.1, 0.15) is 0 Å². The summed E-state index contributed by atoms with van der Waals surface area (Å²) in [5.74, 6) is 0. The van der Waals surface area contributed by atoms with Gasteiger partial charge in [0.15, 0.2) is 0 Å². The maximum absolute atomic E-state index is 7.37. The Labute approximate surface area is 238 Å². The van der Waals surface area contributed by atoms with Crippen molar-refractivity contribution in [2.45, 2.75) is 0 Å². The van der Waals surface area contributed by atoms with Crippen LogP contribution >= 0.6 is 85.9 Å². The van der Waals surface area contributed by atoms with Crippen molar-refractivity contribution in [3.63, 3.8) is 0 Å². The Bertz CT molecular complexity index is 50.4. The summed E-state index contributed by atoms with van der Waals surface area (Å²) in [5, 5.41) is 0. The Morgan fingerprint density at radius 1 is 0.778 bits per heavy atom. The molecule has 0 amide bonds. The van der Waals surface area contributed by atoms with Crippen LogP contribution in [0.5, 0.6) is 0 Å². The van der Waals surface area contributed by atoms with E-state index in [9.17, 15) is 0 Å². The van der Waals surface area contributed by atoms with Crippen LogP contribution in [-0.2, 0) is 0 Å². The maximum Gasteiger partial charge on any atom is 0 e. The van der Waals surface area contributed by atoms with E-state index in [0.717, 1.165) is 0 Å². The summed E-state index contributed by atoms with van der Waals surface area (Å²) in [4.78, 5) is 0. The zero-order valence-electron chi connectivity index (χ0n) is 4.96. The molecule has 0 atom stereocenters. The Hall–Kier alpha value is 8.65. The van der Waals surface area contributed by atoms with Gasteiger partial charge in [0.2, 0.25) is 0 Å².